The molecule has 1 N–H and O–H groups in total. The summed E-state index contributed by atoms with van der Waals surface area (Å²) in [6, 6.07) is 17.6. The summed E-state index contributed by atoms with van der Waals surface area (Å²) in [5.41, 5.74) is 6.23. The van der Waals surface area contributed by atoms with Crippen molar-refractivity contribution in [1.82, 2.24) is 19.3 Å². The van der Waals surface area contributed by atoms with Crippen molar-refractivity contribution in [1.29, 1.82) is 0 Å². The van der Waals surface area contributed by atoms with Crippen molar-refractivity contribution < 1.29 is 4.74 Å². The van der Waals surface area contributed by atoms with Crippen molar-refractivity contribution in [2.24, 2.45) is 0 Å². The Bertz CT molecular complexity index is 1260. The zero-order valence-electron chi connectivity index (χ0n) is 20.8. The molecule has 4 heterocycles. The van der Waals surface area contributed by atoms with Crippen LogP contribution in [-0.2, 0) is 0 Å². The molecule has 1 fully saturated rings. The Kier molecular flexibility index (Phi) is 6.86. The Hall–Kier alpha value is -3.58. The normalized spacial score (nSPS) is 14.6. The Morgan fingerprint density at radius 2 is 1.69 bits per heavy atom. The Labute approximate surface area is 207 Å². The third kappa shape index (κ3) is 4.82. The minimum atomic E-state index is 0.593. The van der Waals surface area contributed by atoms with Crippen molar-refractivity contribution in [2.45, 2.75) is 32.7 Å². The van der Waals surface area contributed by atoms with Crippen molar-refractivity contribution in [2.75, 3.05) is 43.5 Å². The maximum Gasteiger partial charge on any atom is 0.213 e. The van der Waals surface area contributed by atoms with Gasteiger partial charge in [0.05, 0.1) is 18.5 Å². The van der Waals surface area contributed by atoms with Gasteiger partial charge in [-0.25, -0.2) is 9.97 Å². The van der Waals surface area contributed by atoms with Gasteiger partial charge in [-0.3, -0.25) is 9.30 Å². The molecule has 0 radical (unpaired) electrons. The molecule has 1 aliphatic heterocycles. The topological polar surface area (TPSA) is 57.9 Å². The molecule has 4 aromatic rings. The predicted octanol–water partition coefficient (Wildman–Crippen LogP) is 5.46. The smallest absolute Gasteiger partial charge is 0.213 e. The zero-order valence-corrected chi connectivity index (χ0v) is 20.8. The number of methoxy groups -OCH3 is 1. The summed E-state index contributed by atoms with van der Waals surface area (Å²) in [4.78, 5) is 14.0. The molecule has 0 saturated carbocycles. The van der Waals surface area contributed by atoms with Gasteiger partial charge in [0.15, 0.2) is 5.65 Å². The maximum absolute atomic E-state index is 5.30. The first-order valence-corrected chi connectivity index (χ1v) is 12.5. The summed E-state index contributed by atoms with van der Waals surface area (Å²) >= 11 is 0. The Balaban J connectivity index is 1.30. The van der Waals surface area contributed by atoms with Gasteiger partial charge in [-0.05, 0) is 55.3 Å². The Morgan fingerprint density at radius 3 is 2.40 bits per heavy atom. The minimum Gasteiger partial charge on any atom is -0.481 e. The number of hydrogen-bond acceptors (Lipinski definition) is 6. The van der Waals surface area contributed by atoms with Gasteiger partial charge in [0.1, 0.15) is 0 Å². The van der Waals surface area contributed by atoms with E-state index in [-0.39, 0.29) is 0 Å². The lowest BCUT2D eigenvalue weighted by Gasteiger charge is -2.39. The van der Waals surface area contributed by atoms with Gasteiger partial charge in [0, 0.05) is 73.8 Å². The van der Waals surface area contributed by atoms with E-state index in [1.165, 1.54) is 18.5 Å². The lowest BCUT2D eigenvalue weighted by Crippen LogP contribution is -2.50. The van der Waals surface area contributed by atoms with E-state index in [9.17, 15) is 0 Å². The van der Waals surface area contributed by atoms with E-state index in [4.69, 9.17) is 4.74 Å². The molecule has 0 amide bonds. The molecule has 0 unspecified atom stereocenters. The summed E-state index contributed by atoms with van der Waals surface area (Å²) in [5, 5.41) is 3.55. The van der Waals surface area contributed by atoms with Gasteiger partial charge in [-0.1, -0.05) is 13.8 Å². The second-order valence-corrected chi connectivity index (χ2v) is 9.01. The van der Waals surface area contributed by atoms with Gasteiger partial charge in [0.25, 0.3) is 0 Å². The summed E-state index contributed by atoms with van der Waals surface area (Å²) in [6.07, 6.45) is 8.03. The van der Waals surface area contributed by atoms with Crippen molar-refractivity contribution in [3.63, 3.8) is 0 Å². The maximum atomic E-state index is 5.30. The monoisotopic (exact) mass is 470 g/mol. The first kappa shape index (κ1) is 23.2. The van der Waals surface area contributed by atoms with Crippen LogP contribution in [0, 0.1) is 0 Å². The average molecular weight is 471 g/mol. The van der Waals surface area contributed by atoms with Crippen molar-refractivity contribution in [3.8, 4) is 17.1 Å². The van der Waals surface area contributed by atoms with E-state index in [0.29, 0.717) is 5.88 Å². The molecule has 0 aliphatic carbocycles. The number of piperazine rings is 1. The van der Waals surface area contributed by atoms with Gasteiger partial charge in [0.2, 0.25) is 5.88 Å². The number of aromatic nitrogens is 3. The SMILES string of the molecule is CCC(CC)N1CCN(c2ccc(Nc3ccc(-c4ccnc(OC)c4)n4ccnc34)cc2)CC1. The molecule has 1 aromatic carbocycles. The van der Waals surface area contributed by atoms with E-state index < -0.39 is 0 Å². The number of pyridine rings is 2. The van der Waals surface area contributed by atoms with Crippen LogP contribution in [0.2, 0.25) is 0 Å². The summed E-state index contributed by atoms with van der Waals surface area (Å²) in [6.45, 7) is 9.04. The lowest BCUT2D eigenvalue weighted by molar-refractivity contribution is 0.175. The highest BCUT2D eigenvalue weighted by molar-refractivity contribution is 5.78. The number of hydrogen-bond donors (Lipinski definition) is 1. The molecular weight excluding hydrogens is 436 g/mol. The summed E-state index contributed by atoms with van der Waals surface area (Å²) in [5.74, 6) is 0.593. The molecular formula is C28H34N6O. The van der Waals surface area contributed by atoms with E-state index in [1.807, 2.05) is 24.5 Å². The third-order valence-corrected chi connectivity index (χ3v) is 7.07. The number of ether oxygens (including phenoxy) is 1. The fourth-order valence-electron chi connectivity index (χ4n) is 5.09. The van der Waals surface area contributed by atoms with Gasteiger partial charge in [-0.2, -0.15) is 0 Å². The van der Waals surface area contributed by atoms with Crippen LogP contribution in [0.15, 0.2) is 67.1 Å². The molecule has 35 heavy (non-hydrogen) atoms. The van der Waals surface area contributed by atoms with E-state index >= 15 is 0 Å². The molecule has 3 aromatic heterocycles. The standard InChI is InChI=1S/C28H34N6O/c1-4-23(5-2)32-16-18-33(19-17-32)24-8-6-22(7-9-24)31-25-10-11-26(34-15-14-30-28(25)34)21-12-13-29-27(20-21)35-3/h6-15,20,23,31H,4-5,16-19H2,1-3H3. The molecule has 5 rings (SSSR count). The minimum absolute atomic E-state index is 0.593. The molecule has 7 heteroatoms. The number of nitrogens with zero attached hydrogens (tertiary/aromatic N) is 5. The molecule has 1 aliphatic rings. The van der Waals surface area contributed by atoms with Gasteiger partial charge >= 0.3 is 0 Å². The van der Waals surface area contributed by atoms with Gasteiger partial charge < -0.3 is 15.0 Å². The van der Waals surface area contributed by atoms with Crippen LogP contribution in [0.25, 0.3) is 16.9 Å². The average Bonchev–Trinajstić information content (AvgIpc) is 3.41. The third-order valence-electron chi connectivity index (χ3n) is 7.07. The number of nitrogens with one attached hydrogen (secondary N) is 1. The summed E-state index contributed by atoms with van der Waals surface area (Å²) < 4.78 is 7.39. The molecule has 0 bridgehead atoms. The number of fused-ring (bicyclic) bond motifs is 1. The highest BCUT2D eigenvalue weighted by Crippen LogP contribution is 2.29. The second kappa shape index (κ2) is 10.4. The zero-order chi connectivity index (χ0) is 24.2. The first-order chi connectivity index (χ1) is 17.2. The Morgan fingerprint density at radius 1 is 0.914 bits per heavy atom. The largest absolute Gasteiger partial charge is 0.481 e. The van der Waals surface area contributed by atoms with Crippen LogP contribution in [-0.4, -0.2) is 58.6 Å². The number of imidazole rings is 1. The fourth-order valence-corrected chi connectivity index (χ4v) is 5.09. The number of anilines is 3. The molecule has 7 nitrogen and oxygen atoms in total. The predicted molar refractivity (Wildman–Crippen MR) is 143 cm³/mol. The van der Waals surface area contributed by atoms with E-state index in [2.05, 4.69) is 79.7 Å². The van der Waals surface area contributed by atoms with Crippen LogP contribution in [0.3, 0.4) is 0 Å². The van der Waals surface area contributed by atoms with Crippen LogP contribution >= 0.6 is 0 Å². The van der Waals surface area contributed by atoms with Crippen LogP contribution in [0.4, 0.5) is 17.1 Å². The highest BCUT2D eigenvalue weighted by Gasteiger charge is 2.21. The van der Waals surface area contributed by atoms with Crippen LogP contribution < -0.4 is 15.0 Å². The quantitative estimate of drug-likeness (QED) is 0.369. The summed E-state index contributed by atoms with van der Waals surface area (Å²) in [7, 11) is 1.63. The first-order valence-electron chi connectivity index (χ1n) is 12.5. The lowest BCUT2D eigenvalue weighted by atomic mass is 10.1. The highest BCUT2D eigenvalue weighted by atomic mass is 16.5. The van der Waals surface area contributed by atoms with E-state index in [1.54, 1.807) is 13.3 Å². The van der Waals surface area contributed by atoms with Crippen LogP contribution in [0.1, 0.15) is 26.7 Å². The van der Waals surface area contributed by atoms with Crippen molar-refractivity contribution in [3.05, 3.63) is 67.1 Å². The van der Waals surface area contributed by atoms with Crippen LogP contribution in [0.5, 0.6) is 5.88 Å². The molecule has 0 atom stereocenters. The fraction of sp³-hybridized carbons (Fsp3) is 0.357. The van der Waals surface area contributed by atoms with E-state index in [0.717, 1.165) is 60.5 Å². The molecule has 182 valence electrons. The van der Waals surface area contributed by atoms with Crippen molar-refractivity contribution >= 4 is 22.7 Å². The second-order valence-electron chi connectivity index (χ2n) is 9.01. The number of benzene rings is 1. The number of rotatable bonds is 8. The van der Waals surface area contributed by atoms with Gasteiger partial charge in [-0.15, -0.1) is 0 Å². The molecule has 0 spiro atoms. The molecule has 1 saturated heterocycles.